The molecule has 0 spiro atoms. The third-order valence-electron chi connectivity index (χ3n) is 2.85. The minimum Gasteiger partial charge on any atom is -0.481 e. The van der Waals surface area contributed by atoms with Gasteiger partial charge >= 0.3 is 5.97 Å². The first-order valence-electron chi connectivity index (χ1n) is 5.98. The van der Waals surface area contributed by atoms with Crippen LogP contribution in [0.2, 0.25) is 10.2 Å². The van der Waals surface area contributed by atoms with E-state index in [0.717, 1.165) is 5.56 Å². The number of carbonyl (C=O) groups is 1. The summed E-state index contributed by atoms with van der Waals surface area (Å²) < 4.78 is 0. The van der Waals surface area contributed by atoms with Crippen LogP contribution in [0.15, 0.2) is 36.7 Å². The van der Waals surface area contributed by atoms with E-state index in [1.54, 1.807) is 18.2 Å². The lowest BCUT2D eigenvalue weighted by molar-refractivity contribution is -0.141. The van der Waals surface area contributed by atoms with Crippen molar-refractivity contribution in [3.63, 3.8) is 0 Å². The molecule has 2 aromatic rings. The van der Waals surface area contributed by atoms with Gasteiger partial charge in [0.05, 0.1) is 24.0 Å². The first-order valence-corrected chi connectivity index (χ1v) is 6.74. The second-order valence-electron chi connectivity index (χ2n) is 4.40. The van der Waals surface area contributed by atoms with Crippen LogP contribution in [0.4, 0.5) is 0 Å². The monoisotopic (exact) mass is 310 g/mol. The first kappa shape index (κ1) is 14.8. The van der Waals surface area contributed by atoms with Gasteiger partial charge in [-0.25, -0.2) is 4.98 Å². The minimum atomic E-state index is -0.873. The molecule has 0 saturated heterocycles. The van der Waals surface area contributed by atoms with Crippen LogP contribution in [0.5, 0.6) is 0 Å². The van der Waals surface area contributed by atoms with Gasteiger partial charge in [0, 0.05) is 11.4 Å². The summed E-state index contributed by atoms with van der Waals surface area (Å²) in [5.74, 6) is -1.45. The Morgan fingerprint density at radius 3 is 2.60 bits per heavy atom. The quantitative estimate of drug-likeness (QED) is 0.920. The molecule has 4 nitrogen and oxygen atoms in total. The summed E-state index contributed by atoms with van der Waals surface area (Å²) in [4.78, 5) is 19.3. The molecule has 0 amide bonds. The van der Waals surface area contributed by atoms with Gasteiger partial charge in [-0.05, 0) is 24.1 Å². The smallest absolute Gasteiger partial charge is 0.307 e. The second kappa shape index (κ2) is 6.68. The maximum Gasteiger partial charge on any atom is 0.307 e. The first-order chi connectivity index (χ1) is 9.54. The highest BCUT2D eigenvalue weighted by molar-refractivity contribution is 6.30. The fourth-order valence-electron chi connectivity index (χ4n) is 1.89. The molecular weight excluding hydrogens is 299 g/mol. The van der Waals surface area contributed by atoms with Crippen molar-refractivity contribution >= 4 is 29.2 Å². The van der Waals surface area contributed by atoms with Crippen LogP contribution in [0.25, 0.3) is 0 Å². The van der Waals surface area contributed by atoms with Crippen LogP contribution in [-0.2, 0) is 17.6 Å². The van der Waals surface area contributed by atoms with Gasteiger partial charge in [-0.1, -0.05) is 35.3 Å². The Bertz CT molecular complexity index is 602. The molecule has 1 unspecified atom stereocenters. The standard InChI is InChI=1S/C14H12Cl2N2O2/c15-11-3-1-2-9(5-11)4-10(14(19)20)6-12-7-18-13(16)8-17-12/h1-3,5,7-8,10H,4,6H2,(H,19,20). The molecule has 2 rings (SSSR count). The third-order valence-corrected chi connectivity index (χ3v) is 3.28. The van der Waals surface area contributed by atoms with Crippen LogP contribution in [0.3, 0.4) is 0 Å². The molecule has 6 heteroatoms. The molecule has 1 heterocycles. The van der Waals surface area contributed by atoms with E-state index in [-0.39, 0.29) is 5.15 Å². The van der Waals surface area contributed by atoms with Crippen molar-refractivity contribution < 1.29 is 9.90 Å². The zero-order chi connectivity index (χ0) is 14.5. The SMILES string of the molecule is O=C(O)C(Cc1cccc(Cl)c1)Cc1cnc(Cl)cn1. The molecule has 1 N–H and O–H groups in total. The lowest BCUT2D eigenvalue weighted by Crippen LogP contribution is -2.19. The molecule has 0 bridgehead atoms. The van der Waals surface area contributed by atoms with Crippen LogP contribution in [-0.4, -0.2) is 21.0 Å². The fourth-order valence-corrected chi connectivity index (χ4v) is 2.20. The van der Waals surface area contributed by atoms with E-state index in [4.69, 9.17) is 23.2 Å². The lowest BCUT2D eigenvalue weighted by Gasteiger charge is -2.12. The van der Waals surface area contributed by atoms with Crippen LogP contribution < -0.4 is 0 Å². The summed E-state index contributed by atoms with van der Waals surface area (Å²) in [6, 6.07) is 7.19. The number of carboxylic acid groups (broad SMARTS) is 1. The Hall–Kier alpha value is -1.65. The summed E-state index contributed by atoms with van der Waals surface area (Å²) in [5.41, 5.74) is 1.48. The number of halogens is 2. The Morgan fingerprint density at radius 1 is 1.20 bits per heavy atom. The van der Waals surface area contributed by atoms with Gasteiger partial charge in [0.2, 0.25) is 0 Å². The van der Waals surface area contributed by atoms with E-state index >= 15 is 0 Å². The molecule has 0 aliphatic carbocycles. The minimum absolute atomic E-state index is 0.287. The average molecular weight is 311 g/mol. The van der Waals surface area contributed by atoms with Crippen molar-refractivity contribution in [2.75, 3.05) is 0 Å². The molecule has 1 aromatic carbocycles. The highest BCUT2D eigenvalue weighted by Gasteiger charge is 2.19. The molecule has 0 fully saturated rings. The molecular formula is C14H12Cl2N2O2. The van der Waals surface area contributed by atoms with E-state index in [1.807, 2.05) is 6.07 Å². The van der Waals surface area contributed by atoms with Gasteiger partial charge in [-0.2, -0.15) is 0 Å². The molecule has 0 radical (unpaired) electrons. The molecule has 0 saturated carbocycles. The Morgan fingerprint density at radius 2 is 2.00 bits per heavy atom. The predicted molar refractivity (Wildman–Crippen MR) is 77.0 cm³/mol. The zero-order valence-electron chi connectivity index (χ0n) is 10.5. The van der Waals surface area contributed by atoms with Gasteiger partial charge in [0.1, 0.15) is 5.15 Å². The largest absolute Gasteiger partial charge is 0.481 e. The van der Waals surface area contributed by atoms with Crippen molar-refractivity contribution in [1.29, 1.82) is 0 Å². The third kappa shape index (κ3) is 4.18. The maximum atomic E-state index is 11.4. The molecule has 1 aromatic heterocycles. The number of rotatable bonds is 5. The molecule has 20 heavy (non-hydrogen) atoms. The summed E-state index contributed by atoms with van der Waals surface area (Å²) >= 11 is 11.6. The molecule has 0 aliphatic rings. The Balaban J connectivity index is 2.11. The number of hydrogen-bond donors (Lipinski definition) is 1. The van der Waals surface area contributed by atoms with Crippen LogP contribution in [0.1, 0.15) is 11.3 Å². The molecule has 0 aliphatic heterocycles. The van der Waals surface area contributed by atoms with Crippen LogP contribution >= 0.6 is 23.2 Å². The highest BCUT2D eigenvalue weighted by atomic mass is 35.5. The average Bonchev–Trinajstić information content (AvgIpc) is 2.40. The van der Waals surface area contributed by atoms with Crippen LogP contribution in [0, 0.1) is 5.92 Å². The normalized spacial score (nSPS) is 12.1. The summed E-state index contributed by atoms with van der Waals surface area (Å²) in [7, 11) is 0. The molecule has 1 atom stereocenters. The maximum absolute atomic E-state index is 11.4. The number of benzene rings is 1. The van der Waals surface area contributed by atoms with E-state index in [9.17, 15) is 9.90 Å². The fraction of sp³-hybridized carbons (Fsp3) is 0.214. The van der Waals surface area contributed by atoms with E-state index in [2.05, 4.69) is 9.97 Å². The highest BCUT2D eigenvalue weighted by Crippen LogP contribution is 2.17. The van der Waals surface area contributed by atoms with E-state index < -0.39 is 11.9 Å². The zero-order valence-corrected chi connectivity index (χ0v) is 12.0. The Kier molecular flexibility index (Phi) is 4.93. The predicted octanol–water partition coefficient (Wildman–Crippen LogP) is 3.27. The summed E-state index contributed by atoms with van der Waals surface area (Å²) in [6.07, 6.45) is 3.59. The van der Waals surface area contributed by atoms with Gasteiger partial charge in [-0.3, -0.25) is 9.78 Å². The topological polar surface area (TPSA) is 63.1 Å². The lowest BCUT2D eigenvalue weighted by atomic mass is 9.95. The molecule has 104 valence electrons. The van der Waals surface area contributed by atoms with E-state index in [1.165, 1.54) is 12.4 Å². The number of carboxylic acids is 1. The summed E-state index contributed by atoms with van der Waals surface area (Å²) in [6.45, 7) is 0. The Labute approximate surface area is 126 Å². The number of aromatic nitrogens is 2. The van der Waals surface area contributed by atoms with Crippen molar-refractivity contribution in [2.45, 2.75) is 12.8 Å². The second-order valence-corrected chi connectivity index (χ2v) is 5.23. The summed E-state index contributed by atoms with van der Waals surface area (Å²) in [5, 5.41) is 10.2. The van der Waals surface area contributed by atoms with Gasteiger partial charge in [0.15, 0.2) is 0 Å². The van der Waals surface area contributed by atoms with E-state index in [0.29, 0.717) is 23.6 Å². The van der Waals surface area contributed by atoms with Crippen molar-refractivity contribution in [3.05, 3.63) is 58.1 Å². The van der Waals surface area contributed by atoms with Gasteiger partial charge < -0.3 is 5.11 Å². The van der Waals surface area contributed by atoms with Gasteiger partial charge in [0.25, 0.3) is 0 Å². The number of hydrogen-bond acceptors (Lipinski definition) is 3. The number of nitrogens with zero attached hydrogens (tertiary/aromatic N) is 2. The number of aliphatic carboxylic acids is 1. The van der Waals surface area contributed by atoms with Crippen molar-refractivity contribution in [1.82, 2.24) is 9.97 Å². The van der Waals surface area contributed by atoms with Gasteiger partial charge in [-0.15, -0.1) is 0 Å². The van der Waals surface area contributed by atoms with Crippen molar-refractivity contribution in [3.8, 4) is 0 Å². The van der Waals surface area contributed by atoms with Crippen molar-refractivity contribution in [2.24, 2.45) is 5.92 Å².